The molecule has 0 fully saturated rings. The molecular formula is C14H18N2. The maximum Gasteiger partial charge on any atom is 0.137 e. The maximum atomic E-state index is 4.74. The zero-order chi connectivity index (χ0) is 11.3. The molecule has 1 aliphatic rings. The largest absolute Gasteiger partial charge is 0.301 e. The Morgan fingerprint density at radius 1 is 1.31 bits per heavy atom. The Kier molecular flexibility index (Phi) is 1.91. The Morgan fingerprint density at radius 3 is 2.94 bits per heavy atom. The van der Waals surface area contributed by atoms with Gasteiger partial charge in [0.2, 0.25) is 0 Å². The van der Waals surface area contributed by atoms with E-state index in [1.165, 1.54) is 23.5 Å². The minimum absolute atomic E-state index is 0.422. The van der Waals surface area contributed by atoms with E-state index in [0.717, 1.165) is 18.5 Å². The zero-order valence-electron chi connectivity index (χ0n) is 10.2. The van der Waals surface area contributed by atoms with E-state index in [1.54, 1.807) is 0 Å². The molecule has 0 N–H and O–H groups in total. The van der Waals surface area contributed by atoms with Gasteiger partial charge in [-0.05, 0) is 43.7 Å². The first-order chi connectivity index (χ1) is 7.57. The number of nitrogens with zero attached hydrogens (tertiary/aromatic N) is 2. The molecule has 1 aliphatic carbocycles. The van der Waals surface area contributed by atoms with E-state index < -0.39 is 0 Å². The van der Waals surface area contributed by atoms with Crippen molar-refractivity contribution in [1.82, 2.24) is 9.38 Å². The van der Waals surface area contributed by atoms with Crippen molar-refractivity contribution >= 4 is 5.65 Å². The van der Waals surface area contributed by atoms with Crippen LogP contribution in [0, 0.1) is 12.3 Å². The molecule has 0 unspecified atom stereocenters. The Morgan fingerprint density at radius 2 is 2.12 bits per heavy atom. The van der Waals surface area contributed by atoms with Crippen LogP contribution in [0.25, 0.3) is 5.65 Å². The molecule has 2 aromatic rings. The van der Waals surface area contributed by atoms with Gasteiger partial charge in [-0.25, -0.2) is 4.98 Å². The second-order valence-corrected chi connectivity index (χ2v) is 5.71. The van der Waals surface area contributed by atoms with Crippen molar-refractivity contribution in [3.8, 4) is 0 Å². The third-order valence-electron chi connectivity index (χ3n) is 3.70. The van der Waals surface area contributed by atoms with Gasteiger partial charge in [0.05, 0.1) is 5.69 Å². The fourth-order valence-corrected chi connectivity index (χ4v) is 2.75. The average molecular weight is 214 g/mol. The lowest BCUT2D eigenvalue weighted by molar-refractivity contribution is 0.308. The van der Waals surface area contributed by atoms with Crippen molar-refractivity contribution in [2.24, 2.45) is 5.41 Å². The highest BCUT2D eigenvalue weighted by Gasteiger charge is 2.28. The highest BCUT2D eigenvalue weighted by Crippen LogP contribution is 2.35. The highest BCUT2D eigenvalue weighted by atomic mass is 15.0. The van der Waals surface area contributed by atoms with E-state index in [9.17, 15) is 0 Å². The van der Waals surface area contributed by atoms with Crippen molar-refractivity contribution < 1.29 is 0 Å². The van der Waals surface area contributed by atoms with Crippen LogP contribution < -0.4 is 0 Å². The molecule has 16 heavy (non-hydrogen) atoms. The van der Waals surface area contributed by atoms with E-state index in [2.05, 4.69) is 43.4 Å². The second kappa shape index (κ2) is 3.09. The van der Waals surface area contributed by atoms with Gasteiger partial charge in [0.15, 0.2) is 0 Å². The van der Waals surface area contributed by atoms with Crippen LogP contribution in [0.4, 0.5) is 0 Å². The van der Waals surface area contributed by atoms with Crippen molar-refractivity contribution in [2.75, 3.05) is 0 Å². The quantitative estimate of drug-likeness (QED) is 0.658. The lowest BCUT2D eigenvalue weighted by atomic mass is 9.78. The standard InChI is InChI=1S/C14H18N2/c1-10-5-4-6-13-15-11-7-8-14(2,3)9-12(11)16(10)13/h4-6H,7-9H2,1-3H3. The molecule has 0 bridgehead atoms. The summed E-state index contributed by atoms with van der Waals surface area (Å²) in [6, 6.07) is 6.36. The monoisotopic (exact) mass is 214 g/mol. The summed E-state index contributed by atoms with van der Waals surface area (Å²) in [5.41, 5.74) is 5.58. The summed E-state index contributed by atoms with van der Waals surface area (Å²) in [7, 11) is 0. The summed E-state index contributed by atoms with van der Waals surface area (Å²) in [5, 5.41) is 0. The Labute approximate surface area is 96.3 Å². The Hall–Kier alpha value is -1.31. The first-order valence-electron chi connectivity index (χ1n) is 6.03. The molecule has 2 nitrogen and oxygen atoms in total. The number of rotatable bonds is 0. The molecule has 2 heteroatoms. The van der Waals surface area contributed by atoms with Crippen LogP contribution in [0.15, 0.2) is 18.2 Å². The number of fused-ring (bicyclic) bond motifs is 3. The first-order valence-corrected chi connectivity index (χ1v) is 6.03. The first kappa shape index (κ1) is 9.88. The van der Waals surface area contributed by atoms with Crippen LogP contribution in [0.2, 0.25) is 0 Å². The molecule has 0 saturated heterocycles. The molecule has 2 heterocycles. The van der Waals surface area contributed by atoms with E-state index >= 15 is 0 Å². The van der Waals surface area contributed by atoms with Gasteiger partial charge in [0, 0.05) is 11.4 Å². The molecule has 0 spiro atoms. The van der Waals surface area contributed by atoms with Crippen LogP contribution in [-0.2, 0) is 12.8 Å². The predicted octanol–water partition coefficient (Wildman–Crippen LogP) is 3.16. The molecule has 0 saturated carbocycles. The fraction of sp³-hybridized carbons (Fsp3) is 0.500. The van der Waals surface area contributed by atoms with Crippen molar-refractivity contribution in [2.45, 2.75) is 40.0 Å². The maximum absolute atomic E-state index is 4.74. The summed E-state index contributed by atoms with van der Waals surface area (Å²) in [4.78, 5) is 4.74. The molecule has 0 aromatic carbocycles. The zero-order valence-corrected chi connectivity index (χ0v) is 10.2. The number of hydrogen-bond acceptors (Lipinski definition) is 1. The van der Waals surface area contributed by atoms with Gasteiger partial charge in [-0.15, -0.1) is 0 Å². The van der Waals surface area contributed by atoms with Gasteiger partial charge in [-0.3, -0.25) is 0 Å². The van der Waals surface area contributed by atoms with Crippen LogP contribution in [0.1, 0.15) is 37.4 Å². The highest BCUT2D eigenvalue weighted by molar-refractivity contribution is 5.46. The second-order valence-electron chi connectivity index (χ2n) is 5.71. The number of imidazole rings is 1. The third-order valence-corrected chi connectivity index (χ3v) is 3.70. The van der Waals surface area contributed by atoms with Crippen LogP contribution in [0.3, 0.4) is 0 Å². The van der Waals surface area contributed by atoms with E-state index in [1.807, 2.05) is 0 Å². The SMILES string of the molecule is Cc1cccc2nc3c(n12)CC(C)(C)CC3. The lowest BCUT2D eigenvalue weighted by Crippen LogP contribution is -2.23. The van der Waals surface area contributed by atoms with Crippen LogP contribution in [0.5, 0.6) is 0 Å². The van der Waals surface area contributed by atoms with Gasteiger partial charge in [-0.1, -0.05) is 19.9 Å². The van der Waals surface area contributed by atoms with Gasteiger partial charge >= 0.3 is 0 Å². The molecule has 0 aliphatic heterocycles. The summed E-state index contributed by atoms with van der Waals surface area (Å²) >= 11 is 0. The molecule has 0 amide bonds. The Balaban J connectivity index is 2.28. The third kappa shape index (κ3) is 1.36. The van der Waals surface area contributed by atoms with E-state index in [0.29, 0.717) is 5.41 Å². The van der Waals surface area contributed by atoms with Crippen molar-refractivity contribution in [3.63, 3.8) is 0 Å². The fourth-order valence-electron chi connectivity index (χ4n) is 2.75. The van der Waals surface area contributed by atoms with E-state index in [-0.39, 0.29) is 0 Å². The summed E-state index contributed by atoms with van der Waals surface area (Å²) in [6.07, 6.45) is 3.53. The molecular weight excluding hydrogens is 196 g/mol. The molecule has 2 aromatic heterocycles. The summed E-state index contributed by atoms with van der Waals surface area (Å²) < 4.78 is 2.33. The molecule has 0 radical (unpaired) electrons. The van der Waals surface area contributed by atoms with Crippen LogP contribution >= 0.6 is 0 Å². The summed E-state index contributed by atoms with van der Waals surface area (Å²) in [6.45, 7) is 6.87. The van der Waals surface area contributed by atoms with Crippen molar-refractivity contribution in [3.05, 3.63) is 35.3 Å². The van der Waals surface area contributed by atoms with Gasteiger partial charge < -0.3 is 4.40 Å². The van der Waals surface area contributed by atoms with Crippen molar-refractivity contribution in [1.29, 1.82) is 0 Å². The predicted molar refractivity (Wildman–Crippen MR) is 65.7 cm³/mol. The van der Waals surface area contributed by atoms with Gasteiger partial charge in [0.25, 0.3) is 0 Å². The van der Waals surface area contributed by atoms with Gasteiger partial charge in [-0.2, -0.15) is 0 Å². The van der Waals surface area contributed by atoms with E-state index in [4.69, 9.17) is 4.98 Å². The molecule has 3 rings (SSSR count). The smallest absolute Gasteiger partial charge is 0.137 e. The number of aromatic nitrogens is 2. The lowest BCUT2D eigenvalue weighted by Gasteiger charge is -2.29. The van der Waals surface area contributed by atoms with Gasteiger partial charge in [0.1, 0.15) is 5.65 Å². The number of hydrogen-bond donors (Lipinski definition) is 0. The number of aryl methyl sites for hydroxylation is 2. The summed E-state index contributed by atoms with van der Waals surface area (Å²) in [5.74, 6) is 0. The minimum Gasteiger partial charge on any atom is -0.301 e. The van der Waals surface area contributed by atoms with Crippen LogP contribution in [-0.4, -0.2) is 9.38 Å². The number of pyridine rings is 1. The molecule has 84 valence electrons. The normalized spacial score (nSPS) is 18.7. The Bertz CT molecular complexity index is 549. The molecule has 0 atom stereocenters. The topological polar surface area (TPSA) is 17.3 Å². The minimum atomic E-state index is 0.422. The average Bonchev–Trinajstić information content (AvgIpc) is 2.55.